The summed E-state index contributed by atoms with van der Waals surface area (Å²) in [4.78, 5) is 28.8. The normalized spacial score (nSPS) is 14.5. The van der Waals surface area contributed by atoms with Gasteiger partial charge in [-0.05, 0) is 48.9 Å². The maximum Gasteiger partial charge on any atom is 0.367 e. The molecule has 0 N–H and O–H groups in total. The van der Waals surface area contributed by atoms with Gasteiger partial charge in [0.05, 0.1) is 21.9 Å². The Morgan fingerprint density at radius 1 is 1.13 bits per heavy atom. The SMILES string of the molecule is CC1=NOC(=O)/C1=C\c1ccc(-c2ccc(Cl)c(C(=O)OCc3ccccc3)c2)o1. The Morgan fingerprint density at radius 3 is 2.67 bits per heavy atom. The van der Waals surface area contributed by atoms with Gasteiger partial charge in [0.1, 0.15) is 18.1 Å². The Balaban J connectivity index is 1.54. The van der Waals surface area contributed by atoms with Crippen molar-refractivity contribution in [2.45, 2.75) is 13.5 Å². The molecule has 0 radical (unpaired) electrons. The quantitative estimate of drug-likeness (QED) is 0.318. The smallest absolute Gasteiger partial charge is 0.367 e. The van der Waals surface area contributed by atoms with Crippen LogP contribution in [-0.4, -0.2) is 17.7 Å². The van der Waals surface area contributed by atoms with Crippen LogP contribution in [0.2, 0.25) is 5.02 Å². The molecule has 1 aliphatic heterocycles. The maximum atomic E-state index is 12.5. The Kier molecular flexibility index (Phi) is 5.50. The summed E-state index contributed by atoms with van der Waals surface area (Å²) in [6.07, 6.45) is 1.56. The number of oxime groups is 1. The number of halogens is 1. The fourth-order valence-corrected chi connectivity index (χ4v) is 3.08. The minimum Gasteiger partial charge on any atom is -0.457 e. The van der Waals surface area contributed by atoms with Crippen LogP contribution in [0.4, 0.5) is 0 Å². The van der Waals surface area contributed by atoms with Crippen molar-refractivity contribution in [3.05, 3.63) is 88.1 Å². The maximum absolute atomic E-state index is 12.5. The number of furan rings is 1. The van der Waals surface area contributed by atoms with Crippen molar-refractivity contribution >= 4 is 35.3 Å². The zero-order chi connectivity index (χ0) is 21.1. The number of hydrogen-bond donors (Lipinski definition) is 0. The Morgan fingerprint density at radius 2 is 1.93 bits per heavy atom. The summed E-state index contributed by atoms with van der Waals surface area (Å²) in [6.45, 7) is 1.82. The van der Waals surface area contributed by atoms with Gasteiger partial charge in [-0.1, -0.05) is 47.1 Å². The average Bonchev–Trinajstić information content (AvgIpc) is 3.35. The zero-order valence-corrected chi connectivity index (χ0v) is 16.7. The molecule has 0 unspecified atom stereocenters. The number of ether oxygens (including phenoxy) is 1. The summed E-state index contributed by atoms with van der Waals surface area (Å²) < 4.78 is 11.2. The zero-order valence-electron chi connectivity index (χ0n) is 15.9. The van der Waals surface area contributed by atoms with Crippen molar-refractivity contribution < 1.29 is 23.6 Å². The lowest BCUT2D eigenvalue weighted by Gasteiger charge is -2.08. The van der Waals surface area contributed by atoms with E-state index < -0.39 is 11.9 Å². The first-order valence-electron chi connectivity index (χ1n) is 9.10. The molecule has 2 aromatic carbocycles. The van der Waals surface area contributed by atoms with Gasteiger partial charge in [-0.15, -0.1) is 0 Å². The molecule has 0 amide bonds. The van der Waals surface area contributed by atoms with Crippen LogP contribution in [0.1, 0.15) is 28.6 Å². The molecule has 0 aliphatic carbocycles. The van der Waals surface area contributed by atoms with Crippen molar-refractivity contribution in [3.8, 4) is 11.3 Å². The number of benzene rings is 2. The summed E-state index contributed by atoms with van der Waals surface area (Å²) in [5.41, 5.74) is 2.58. The molecule has 0 bridgehead atoms. The second-order valence-electron chi connectivity index (χ2n) is 6.57. The predicted octanol–water partition coefficient (Wildman–Crippen LogP) is 5.27. The minimum absolute atomic E-state index is 0.149. The molecule has 6 nitrogen and oxygen atoms in total. The molecule has 1 aromatic heterocycles. The summed E-state index contributed by atoms with van der Waals surface area (Å²) in [7, 11) is 0. The van der Waals surface area contributed by atoms with Crippen molar-refractivity contribution in [2.24, 2.45) is 5.16 Å². The minimum atomic E-state index is -0.528. The van der Waals surface area contributed by atoms with E-state index in [0.717, 1.165) is 5.56 Å². The van der Waals surface area contributed by atoms with Crippen LogP contribution < -0.4 is 0 Å². The molecule has 30 heavy (non-hydrogen) atoms. The summed E-state index contributed by atoms with van der Waals surface area (Å²) in [6, 6.07) is 17.8. The van der Waals surface area contributed by atoms with Crippen LogP contribution in [0, 0.1) is 0 Å². The first-order chi connectivity index (χ1) is 14.5. The highest BCUT2D eigenvalue weighted by Crippen LogP contribution is 2.28. The van der Waals surface area contributed by atoms with E-state index in [1.54, 1.807) is 43.3 Å². The third-order valence-electron chi connectivity index (χ3n) is 4.47. The van der Waals surface area contributed by atoms with Gasteiger partial charge in [0.25, 0.3) is 0 Å². The number of carbonyl (C=O) groups is 2. The highest BCUT2D eigenvalue weighted by atomic mass is 35.5. The van der Waals surface area contributed by atoms with Crippen LogP contribution in [0.25, 0.3) is 17.4 Å². The molecule has 0 spiro atoms. The largest absolute Gasteiger partial charge is 0.457 e. The van der Waals surface area contributed by atoms with Gasteiger partial charge in [0.2, 0.25) is 0 Å². The van der Waals surface area contributed by atoms with E-state index in [-0.39, 0.29) is 17.2 Å². The predicted molar refractivity (Wildman–Crippen MR) is 112 cm³/mol. The Labute approximate surface area is 177 Å². The molecular weight excluding hydrogens is 406 g/mol. The van der Waals surface area contributed by atoms with Crippen LogP contribution >= 0.6 is 11.6 Å². The second kappa shape index (κ2) is 8.39. The number of hydrogen-bond acceptors (Lipinski definition) is 6. The molecule has 7 heteroatoms. The van der Waals surface area contributed by atoms with Gasteiger partial charge in [0.15, 0.2) is 0 Å². The van der Waals surface area contributed by atoms with E-state index in [1.165, 1.54) is 0 Å². The molecule has 4 rings (SSSR count). The molecule has 2 heterocycles. The molecule has 0 saturated carbocycles. The Bertz CT molecular complexity index is 1180. The van der Waals surface area contributed by atoms with Gasteiger partial charge in [0, 0.05) is 5.56 Å². The average molecular weight is 422 g/mol. The summed E-state index contributed by atoms with van der Waals surface area (Å²) in [5.74, 6) is -0.0892. The summed E-state index contributed by atoms with van der Waals surface area (Å²) >= 11 is 6.21. The fourth-order valence-electron chi connectivity index (χ4n) is 2.88. The van der Waals surface area contributed by atoms with E-state index in [1.807, 2.05) is 30.3 Å². The molecule has 1 aliphatic rings. The van der Waals surface area contributed by atoms with Gasteiger partial charge in [-0.3, -0.25) is 0 Å². The number of carbonyl (C=O) groups excluding carboxylic acids is 2. The van der Waals surface area contributed by atoms with Crippen molar-refractivity contribution in [3.63, 3.8) is 0 Å². The Hall–Kier alpha value is -3.64. The lowest BCUT2D eigenvalue weighted by atomic mass is 10.1. The van der Waals surface area contributed by atoms with Crippen LogP contribution in [0.3, 0.4) is 0 Å². The van der Waals surface area contributed by atoms with Gasteiger partial charge >= 0.3 is 11.9 Å². The van der Waals surface area contributed by atoms with Crippen molar-refractivity contribution in [2.75, 3.05) is 0 Å². The van der Waals surface area contributed by atoms with Gasteiger partial charge < -0.3 is 14.0 Å². The van der Waals surface area contributed by atoms with Crippen molar-refractivity contribution in [1.29, 1.82) is 0 Å². The number of nitrogens with zero attached hydrogens (tertiary/aromatic N) is 1. The first-order valence-corrected chi connectivity index (χ1v) is 9.48. The lowest BCUT2D eigenvalue weighted by Crippen LogP contribution is -2.06. The standard InChI is InChI=1S/C23H16ClNO5/c1-14-18(23(27)30-25-14)12-17-8-10-21(29-17)16-7-9-20(24)19(11-16)22(26)28-13-15-5-3-2-4-6-15/h2-12H,13H2,1H3/b18-12-. The van der Waals surface area contributed by atoms with Crippen molar-refractivity contribution in [1.82, 2.24) is 0 Å². The third-order valence-corrected chi connectivity index (χ3v) is 4.80. The molecular formula is C23H16ClNO5. The van der Waals surface area contributed by atoms with E-state index in [9.17, 15) is 9.59 Å². The topological polar surface area (TPSA) is 78.1 Å². The third kappa shape index (κ3) is 4.18. The monoisotopic (exact) mass is 421 g/mol. The van der Waals surface area contributed by atoms with Gasteiger partial charge in [-0.2, -0.15) is 0 Å². The highest BCUT2D eigenvalue weighted by molar-refractivity contribution is 6.33. The molecule has 0 saturated heterocycles. The van der Waals surface area contributed by atoms with Gasteiger partial charge in [-0.25, -0.2) is 9.59 Å². The highest BCUT2D eigenvalue weighted by Gasteiger charge is 2.22. The lowest BCUT2D eigenvalue weighted by molar-refractivity contribution is -0.136. The molecule has 3 aromatic rings. The van der Waals surface area contributed by atoms with Crippen LogP contribution in [0.15, 0.2) is 75.8 Å². The van der Waals surface area contributed by atoms with Crippen LogP contribution in [0.5, 0.6) is 0 Å². The number of rotatable bonds is 5. The van der Waals surface area contributed by atoms with E-state index in [2.05, 4.69) is 9.99 Å². The molecule has 0 atom stereocenters. The molecule has 150 valence electrons. The van der Waals surface area contributed by atoms with E-state index in [4.69, 9.17) is 20.8 Å². The van der Waals surface area contributed by atoms with E-state index >= 15 is 0 Å². The molecule has 0 fully saturated rings. The fraction of sp³-hybridized carbons (Fsp3) is 0.0870. The second-order valence-corrected chi connectivity index (χ2v) is 6.98. The van der Waals surface area contributed by atoms with Crippen LogP contribution in [-0.2, 0) is 21.0 Å². The summed E-state index contributed by atoms with van der Waals surface area (Å²) in [5, 5.41) is 3.91. The van der Waals surface area contributed by atoms with E-state index in [0.29, 0.717) is 28.4 Å². The number of esters is 1. The first kappa shape index (κ1) is 19.7.